The number of benzene rings is 1. The smallest absolute Gasteiger partial charge is 0.314 e. The van der Waals surface area contributed by atoms with Crippen molar-refractivity contribution in [1.82, 2.24) is 35.1 Å². The van der Waals surface area contributed by atoms with E-state index in [1.807, 2.05) is 12.1 Å². The molecule has 5 rings (SSSR count). The molecule has 0 unspecified atom stereocenters. The lowest BCUT2D eigenvalue weighted by Gasteiger charge is -2.43. The van der Waals surface area contributed by atoms with Crippen LogP contribution in [0.15, 0.2) is 47.1 Å². The van der Waals surface area contributed by atoms with Gasteiger partial charge in [0.25, 0.3) is 5.89 Å². The van der Waals surface area contributed by atoms with E-state index in [2.05, 4.69) is 68.3 Å². The molecule has 4 aromatic rings. The van der Waals surface area contributed by atoms with Crippen LogP contribution in [0.4, 0.5) is 18.9 Å². The Morgan fingerprint density at radius 3 is 2.53 bits per heavy atom. The number of piperazine rings is 1. The molecule has 9 nitrogen and oxygen atoms in total. The fourth-order valence-electron chi connectivity index (χ4n) is 4.28. The van der Waals surface area contributed by atoms with Crippen LogP contribution in [-0.4, -0.2) is 67.3 Å². The first kappa shape index (κ1) is 23.9. The van der Waals surface area contributed by atoms with Crippen LogP contribution >= 0.6 is 0 Å². The summed E-state index contributed by atoms with van der Waals surface area (Å²) in [6.45, 7) is 6.36. The number of hydrogen-bond acceptors (Lipinski definition) is 8. The van der Waals surface area contributed by atoms with Gasteiger partial charge in [0, 0.05) is 42.6 Å². The predicted octanol–water partition coefficient (Wildman–Crippen LogP) is 4.04. The zero-order chi connectivity index (χ0) is 25.4. The molecule has 0 bridgehead atoms. The average Bonchev–Trinajstić information content (AvgIpc) is 3.54. The zero-order valence-corrected chi connectivity index (χ0v) is 20.0. The van der Waals surface area contributed by atoms with Gasteiger partial charge in [-0.25, -0.2) is 9.07 Å². The summed E-state index contributed by atoms with van der Waals surface area (Å²) in [4.78, 5) is 8.85. The van der Waals surface area contributed by atoms with Gasteiger partial charge in [-0.3, -0.25) is 9.88 Å². The van der Waals surface area contributed by atoms with E-state index in [1.54, 1.807) is 6.20 Å². The highest BCUT2D eigenvalue weighted by atomic mass is 19.3. The Bertz CT molecular complexity index is 1340. The van der Waals surface area contributed by atoms with Crippen LogP contribution in [0, 0.1) is 5.82 Å². The highest BCUT2D eigenvalue weighted by molar-refractivity contribution is 5.65. The highest BCUT2D eigenvalue weighted by Gasteiger charge is 2.26. The summed E-state index contributed by atoms with van der Waals surface area (Å²) >= 11 is 0. The van der Waals surface area contributed by atoms with Crippen LogP contribution in [0.3, 0.4) is 0 Å². The van der Waals surface area contributed by atoms with Gasteiger partial charge in [-0.15, -0.1) is 15.3 Å². The van der Waals surface area contributed by atoms with Crippen molar-refractivity contribution < 1.29 is 17.6 Å². The van der Waals surface area contributed by atoms with E-state index in [0.29, 0.717) is 17.8 Å². The fourth-order valence-corrected chi connectivity index (χ4v) is 4.28. The van der Waals surface area contributed by atoms with Crippen molar-refractivity contribution in [2.24, 2.45) is 0 Å². The number of rotatable bonds is 6. The Balaban J connectivity index is 1.31. The molecule has 0 aliphatic carbocycles. The minimum atomic E-state index is -2.90. The van der Waals surface area contributed by atoms with Crippen LogP contribution in [0.25, 0.3) is 22.7 Å². The standard InChI is InChI=1S/C24H25F3N8O/c1-14-10-34(11-15(2)33(14)3)18-6-4-5-16(7-18)20-12-35(32-29-20)13-21-19(25)8-17(9-28-21)23-30-31-24(36-23)22(26)27/h4-9,12,14-15,22H,10-11,13H2,1-3H3/t14-,15+. The van der Waals surface area contributed by atoms with Crippen LogP contribution in [0.1, 0.15) is 31.9 Å². The quantitative estimate of drug-likeness (QED) is 0.394. The van der Waals surface area contributed by atoms with Gasteiger partial charge in [0.15, 0.2) is 0 Å². The van der Waals surface area contributed by atoms with E-state index in [-0.39, 0.29) is 23.7 Å². The molecule has 3 aromatic heterocycles. The predicted molar refractivity (Wildman–Crippen MR) is 126 cm³/mol. The Labute approximate surface area is 205 Å². The minimum absolute atomic E-state index is 0.0401. The molecular formula is C24H25F3N8O. The van der Waals surface area contributed by atoms with Gasteiger partial charge < -0.3 is 9.32 Å². The molecule has 0 saturated carbocycles. The summed E-state index contributed by atoms with van der Waals surface area (Å²) in [5, 5.41) is 15.1. The molecule has 1 saturated heterocycles. The first-order chi connectivity index (χ1) is 17.3. The van der Waals surface area contributed by atoms with Crippen molar-refractivity contribution in [3.63, 3.8) is 0 Å². The molecule has 0 radical (unpaired) electrons. The molecule has 2 atom stereocenters. The third-order valence-corrected chi connectivity index (χ3v) is 6.51. The van der Waals surface area contributed by atoms with Gasteiger partial charge in [0.2, 0.25) is 5.89 Å². The lowest BCUT2D eigenvalue weighted by molar-refractivity contribution is 0.116. The Morgan fingerprint density at radius 1 is 1.06 bits per heavy atom. The second-order valence-corrected chi connectivity index (χ2v) is 9.02. The molecule has 0 amide bonds. The molecular weight excluding hydrogens is 473 g/mol. The molecule has 0 spiro atoms. The number of likely N-dealkylation sites (N-methyl/N-ethyl adjacent to an activating group) is 1. The summed E-state index contributed by atoms with van der Waals surface area (Å²) in [6.07, 6.45) is 0.121. The van der Waals surface area contributed by atoms with E-state index in [0.717, 1.165) is 30.4 Å². The van der Waals surface area contributed by atoms with Crippen molar-refractivity contribution in [2.75, 3.05) is 25.0 Å². The maximum atomic E-state index is 14.7. The molecule has 0 N–H and O–H groups in total. The second kappa shape index (κ2) is 9.69. The largest absolute Gasteiger partial charge is 0.415 e. The molecule has 36 heavy (non-hydrogen) atoms. The first-order valence-electron chi connectivity index (χ1n) is 11.5. The van der Waals surface area contributed by atoms with E-state index < -0.39 is 18.1 Å². The number of aromatic nitrogens is 6. The summed E-state index contributed by atoms with van der Waals surface area (Å²) in [6, 6.07) is 10.1. The van der Waals surface area contributed by atoms with E-state index in [9.17, 15) is 13.2 Å². The molecule has 188 valence electrons. The van der Waals surface area contributed by atoms with Gasteiger partial charge in [-0.1, -0.05) is 17.3 Å². The van der Waals surface area contributed by atoms with E-state index >= 15 is 0 Å². The fraction of sp³-hybridized carbons (Fsp3) is 0.375. The second-order valence-electron chi connectivity index (χ2n) is 9.02. The van der Waals surface area contributed by atoms with Crippen LogP contribution < -0.4 is 4.90 Å². The van der Waals surface area contributed by atoms with Crippen molar-refractivity contribution in [3.05, 3.63) is 60.1 Å². The third kappa shape index (κ3) is 4.81. The average molecular weight is 499 g/mol. The normalized spacial score (nSPS) is 18.8. The number of alkyl halides is 2. The summed E-state index contributed by atoms with van der Waals surface area (Å²) in [5.74, 6) is -1.71. The minimum Gasteiger partial charge on any atom is -0.415 e. The lowest BCUT2D eigenvalue weighted by Crippen LogP contribution is -2.55. The Morgan fingerprint density at radius 2 is 1.83 bits per heavy atom. The van der Waals surface area contributed by atoms with E-state index in [1.165, 1.54) is 10.9 Å². The maximum Gasteiger partial charge on any atom is 0.314 e. The number of nitrogens with zero attached hydrogens (tertiary/aromatic N) is 8. The van der Waals surface area contributed by atoms with Crippen LogP contribution in [-0.2, 0) is 6.54 Å². The molecule has 1 aromatic carbocycles. The van der Waals surface area contributed by atoms with Gasteiger partial charge in [0.1, 0.15) is 11.5 Å². The Hall–Kier alpha value is -3.80. The number of halogens is 3. The maximum absolute atomic E-state index is 14.7. The van der Waals surface area contributed by atoms with Crippen molar-refractivity contribution in [1.29, 1.82) is 0 Å². The van der Waals surface area contributed by atoms with E-state index in [4.69, 9.17) is 4.42 Å². The SMILES string of the molecule is C[C@@H]1CN(c2cccc(-c3cn(Cc4ncc(-c5nnc(C(F)F)o5)cc4F)nn3)c2)C[C@H](C)N1C. The van der Waals surface area contributed by atoms with Crippen molar-refractivity contribution >= 4 is 5.69 Å². The summed E-state index contributed by atoms with van der Waals surface area (Å²) < 4.78 is 46.4. The van der Waals surface area contributed by atoms with Gasteiger partial charge in [-0.05, 0) is 39.1 Å². The summed E-state index contributed by atoms with van der Waals surface area (Å²) in [5.41, 5.74) is 2.91. The van der Waals surface area contributed by atoms with Gasteiger partial charge in [-0.2, -0.15) is 8.78 Å². The highest BCUT2D eigenvalue weighted by Crippen LogP contribution is 2.27. The van der Waals surface area contributed by atoms with Crippen molar-refractivity contribution in [3.8, 4) is 22.7 Å². The van der Waals surface area contributed by atoms with Crippen molar-refractivity contribution in [2.45, 2.75) is 38.9 Å². The molecule has 1 aliphatic heterocycles. The van der Waals surface area contributed by atoms with Crippen LogP contribution in [0.2, 0.25) is 0 Å². The monoisotopic (exact) mass is 498 g/mol. The molecule has 1 aliphatic rings. The van der Waals surface area contributed by atoms with Gasteiger partial charge >= 0.3 is 6.43 Å². The first-order valence-corrected chi connectivity index (χ1v) is 11.5. The molecule has 12 heteroatoms. The third-order valence-electron chi connectivity index (χ3n) is 6.51. The Kier molecular flexibility index (Phi) is 6.44. The van der Waals surface area contributed by atoms with Crippen LogP contribution in [0.5, 0.6) is 0 Å². The molecule has 1 fully saturated rings. The topological polar surface area (TPSA) is 89.0 Å². The summed E-state index contributed by atoms with van der Waals surface area (Å²) in [7, 11) is 2.15. The number of hydrogen-bond donors (Lipinski definition) is 0. The molecule has 4 heterocycles. The number of anilines is 1. The lowest BCUT2D eigenvalue weighted by atomic mass is 10.1. The zero-order valence-electron chi connectivity index (χ0n) is 20.0. The number of pyridine rings is 1. The van der Waals surface area contributed by atoms with Gasteiger partial charge in [0.05, 0.1) is 24.0 Å².